The fourth-order valence-corrected chi connectivity index (χ4v) is 2.54. The summed E-state index contributed by atoms with van der Waals surface area (Å²) in [4.78, 5) is 16.6. The van der Waals surface area contributed by atoms with Crippen LogP contribution in [0.25, 0.3) is 0 Å². The van der Waals surface area contributed by atoms with Crippen LogP contribution < -0.4 is 0 Å². The SMILES string of the molecule is CCn1ncnc1CC(=O)c1c(C)cc(C)cc1C. The summed E-state index contributed by atoms with van der Waals surface area (Å²) in [5.74, 6) is 0.838. The number of hydrogen-bond acceptors (Lipinski definition) is 3. The average Bonchev–Trinajstić information content (AvgIpc) is 2.74. The summed E-state index contributed by atoms with van der Waals surface area (Å²) in [7, 11) is 0. The van der Waals surface area contributed by atoms with Crippen LogP contribution in [-0.2, 0) is 13.0 Å². The van der Waals surface area contributed by atoms with Gasteiger partial charge in [-0.3, -0.25) is 4.79 Å². The molecule has 2 aromatic rings. The molecular formula is C15H19N3O. The minimum atomic E-state index is 0.109. The largest absolute Gasteiger partial charge is 0.294 e. The van der Waals surface area contributed by atoms with Gasteiger partial charge in [0.25, 0.3) is 0 Å². The second kappa shape index (κ2) is 5.34. The van der Waals surface area contributed by atoms with Gasteiger partial charge in [0.05, 0.1) is 6.42 Å². The minimum Gasteiger partial charge on any atom is -0.294 e. The first-order valence-electron chi connectivity index (χ1n) is 6.50. The molecule has 1 heterocycles. The number of hydrogen-bond donors (Lipinski definition) is 0. The number of aromatic nitrogens is 3. The quantitative estimate of drug-likeness (QED) is 0.791. The first-order chi connectivity index (χ1) is 9.02. The van der Waals surface area contributed by atoms with Gasteiger partial charge in [-0.05, 0) is 38.8 Å². The van der Waals surface area contributed by atoms with E-state index in [-0.39, 0.29) is 5.78 Å². The lowest BCUT2D eigenvalue weighted by atomic mass is 9.95. The van der Waals surface area contributed by atoms with Crippen molar-refractivity contribution in [1.82, 2.24) is 14.8 Å². The van der Waals surface area contributed by atoms with Gasteiger partial charge in [-0.2, -0.15) is 5.10 Å². The number of aryl methyl sites for hydroxylation is 4. The summed E-state index contributed by atoms with van der Waals surface area (Å²) in [6.45, 7) is 8.73. The highest BCUT2D eigenvalue weighted by atomic mass is 16.1. The summed E-state index contributed by atoms with van der Waals surface area (Å²) in [6.07, 6.45) is 1.81. The molecule has 0 fully saturated rings. The highest BCUT2D eigenvalue weighted by Gasteiger charge is 2.16. The van der Waals surface area contributed by atoms with Crippen molar-refractivity contribution in [2.24, 2.45) is 0 Å². The van der Waals surface area contributed by atoms with Crippen LogP contribution in [0, 0.1) is 20.8 Å². The molecule has 0 saturated heterocycles. The maximum atomic E-state index is 12.5. The first kappa shape index (κ1) is 13.5. The molecule has 4 nitrogen and oxygen atoms in total. The fourth-order valence-electron chi connectivity index (χ4n) is 2.54. The zero-order chi connectivity index (χ0) is 14.0. The van der Waals surface area contributed by atoms with E-state index in [1.54, 1.807) is 4.68 Å². The smallest absolute Gasteiger partial charge is 0.170 e. The molecule has 19 heavy (non-hydrogen) atoms. The van der Waals surface area contributed by atoms with Crippen molar-refractivity contribution in [2.75, 3.05) is 0 Å². The number of nitrogens with zero attached hydrogens (tertiary/aromatic N) is 3. The van der Waals surface area contributed by atoms with Gasteiger partial charge in [-0.15, -0.1) is 0 Å². The molecule has 0 atom stereocenters. The van der Waals surface area contributed by atoms with Crippen LogP contribution in [0.2, 0.25) is 0 Å². The van der Waals surface area contributed by atoms with E-state index in [0.29, 0.717) is 6.42 Å². The van der Waals surface area contributed by atoms with Gasteiger partial charge in [0.15, 0.2) is 5.78 Å². The van der Waals surface area contributed by atoms with E-state index < -0.39 is 0 Å². The van der Waals surface area contributed by atoms with E-state index >= 15 is 0 Å². The maximum Gasteiger partial charge on any atom is 0.170 e. The molecular weight excluding hydrogens is 238 g/mol. The van der Waals surface area contributed by atoms with Crippen molar-refractivity contribution in [3.05, 3.63) is 46.5 Å². The van der Waals surface area contributed by atoms with Crippen molar-refractivity contribution < 1.29 is 4.79 Å². The van der Waals surface area contributed by atoms with Gasteiger partial charge >= 0.3 is 0 Å². The summed E-state index contributed by atoms with van der Waals surface area (Å²) in [5.41, 5.74) is 4.06. The van der Waals surface area contributed by atoms with Crippen LogP contribution in [0.15, 0.2) is 18.5 Å². The van der Waals surface area contributed by atoms with Crippen molar-refractivity contribution in [3.63, 3.8) is 0 Å². The Morgan fingerprint density at radius 1 is 1.21 bits per heavy atom. The average molecular weight is 257 g/mol. The Balaban J connectivity index is 2.31. The lowest BCUT2D eigenvalue weighted by Gasteiger charge is -2.10. The third-order valence-corrected chi connectivity index (χ3v) is 3.27. The molecule has 0 unspecified atom stereocenters. The number of carbonyl (C=O) groups excluding carboxylic acids is 1. The van der Waals surface area contributed by atoms with Crippen LogP contribution in [0.3, 0.4) is 0 Å². The highest BCUT2D eigenvalue weighted by molar-refractivity contribution is 5.99. The van der Waals surface area contributed by atoms with E-state index in [2.05, 4.69) is 10.1 Å². The van der Waals surface area contributed by atoms with Gasteiger partial charge in [-0.1, -0.05) is 17.7 Å². The summed E-state index contributed by atoms with van der Waals surface area (Å²) < 4.78 is 1.76. The van der Waals surface area contributed by atoms with Crippen molar-refractivity contribution in [1.29, 1.82) is 0 Å². The predicted molar refractivity (Wildman–Crippen MR) is 74.4 cm³/mol. The van der Waals surface area contributed by atoms with Crippen molar-refractivity contribution >= 4 is 5.78 Å². The Morgan fingerprint density at radius 2 is 1.84 bits per heavy atom. The number of rotatable bonds is 4. The summed E-state index contributed by atoms with van der Waals surface area (Å²) >= 11 is 0. The van der Waals surface area contributed by atoms with Crippen molar-refractivity contribution in [3.8, 4) is 0 Å². The molecule has 1 aromatic carbocycles. The minimum absolute atomic E-state index is 0.109. The lowest BCUT2D eigenvalue weighted by Crippen LogP contribution is -2.13. The van der Waals surface area contributed by atoms with E-state index in [4.69, 9.17) is 0 Å². The van der Waals surface area contributed by atoms with Gasteiger partial charge in [0.2, 0.25) is 0 Å². The summed E-state index contributed by atoms with van der Waals surface area (Å²) in [6, 6.07) is 4.09. The van der Waals surface area contributed by atoms with E-state index in [1.165, 1.54) is 11.9 Å². The Kier molecular flexibility index (Phi) is 3.79. The predicted octanol–water partition coefficient (Wildman–Crippen LogP) is 2.65. The van der Waals surface area contributed by atoms with E-state index in [9.17, 15) is 4.79 Å². The molecule has 0 spiro atoms. The first-order valence-corrected chi connectivity index (χ1v) is 6.50. The monoisotopic (exact) mass is 257 g/mol. The molecule has 0 aliphatic carbocycles. The molecule has 1 aromatic heterocycles. The third-order valence-electron chi connectivity index (χ3n) is 3.27. The van der Waals surface area contributed by atoms with Crippen LogP contribution in [0.4, 0.5) is 0 Å². The number of Topliss-reactive ketones (excluding diaryl/α,β-unsaturated/α-hetero) is 1. The van der Waals surface area contributed by atoms with Crippen LogP contribution in [0.1, 0.15) is 39.8 Å². The summed E-state index contributed by atoms with van der Waals surface area (Å²) in [5, 5.41) is 4.09. The Bertz CT molecular complexity index is 591. The molecule has 0 aliphatic heterocycles. The standard InChI is InChI=1S/C15H19N3O/c1-5-18-14(16-9-17-18)8-13(19)15-11(3)6-10(2)7-12(15)4/h6-7,9H,5,8H2,1-4H3. The van der Waals surface area contributed by atoms with E-state index in [1.807, 2.05) is 39.8 Å². The van der Waals surface area contributed by atoms with Gasteiger partial charge in [-0.25, -0.2) is 9.67 Å². The molecule has 0 bridgehead atoms. The van der Waals surface area contributed by atoms with Gasteiger partial charge in [0, 0.05) is 12.1 Å². The Labute approximate surface area is 113 Å². The number of carbonyl (C=O) groups is 1. The second-order valence-electron chi connectivity index (χ2n) is 4.87. The zero-order valence-corrected chi connectivity index (χ0v) is 11.9. The Hall–Kier alpha value is -1.97. The lowest BCUT2D eigenvalue weighted by molar-refractivity contribution is 0.0988. The highest BCUT2D eigenvalue weighted by Crippen LogP contribution is 2.18. The second-order valence-corrected chi connectivity index (χ2v) is 4.87. The number of ketones is 1. The van der Waals surface area contributed by atoms with Gasteiger partial charge < -0.3 is 0 Å². The molecule has 0 radical (unpaired) electrons. The normalized spacial score (nSPS) is 10.7. The van der Waals surface area contributed by atoms with Crippen molar-refractivity contribution in [2.45, 2.75) is 40.7 Å². The molecule has 2 rings (SSSR count). The van der Waals surface area contributed by atoms with Crippen LogP contribution in [-0.4, -0.2) is 20.5 Å². The third kappa shape index (κ3) is 2.72. The van der Waals surface area contributed by atoms with Gasteiger partial charge in [0.1, 0.15) is 12.2 Å². The Morgan fingerprint density at radius 3 is 2.42 bits per heavy atom. The molecule has 0 saturated carbocycles. The van der Waals surface area contributed by atoms with Crippen LogP contribution >= 0.6 is 0 Å². The molecule has 0 aliphatic rings. The van der Waals surface area contributed by atoms with E-state index in [0.717, 1.165) is 29.1 Å². The van der Waals surface area contributed by atoms with Crippen LogP contribution in [0.5, 0.6) is 0 Å². The molecule has 4 heteroatoms. The maximum absolute atomic E-state index is 12.5. The number of benzene rings is 1. The fraction of sp³-hybridized carbons (Fsp3) is 0.400. The topological polar surface area (TPSA) is 47.8 Å². The molecule has 0 N–H and O–H groups in total. The zero-order valence-electron chi connectivity index (χ0n) is 11.9. The molecule has 100 valence electrons. The molecule has 0 amide bonds.